The molecule has 1 fully saturated rings. The smallest absolute Gasteiger partial charge is 0.265 e. The highest BCUT2D eigenvalue weighted by Crippen LogP contribution is 2.15. The number of amides is 2. The molecule has 1 unspecified atom stereocenters. The molecule has 1 atom stereocenters. The first-order valence-electron chi connectivity index (χ1n) is 9.01. The number of hydrogen-bond acceptors (Lipinski definition) is 3. The SMILES string of the molecule is CC(Oc1ccccc1)C(=O)Nc1ccc(CC(=O)N2CCCC2)cc1. The Morgan fingerprint density at radius 2 is 1.69 bits per heavy atom. The van der Waals surface area contributed by atoms with Gasteiger partial charge in [0.1, 0.15) is 5.75 Å². The van der Waals surface area contributed by atoms with Crippen LogP contribution < -0.4 is 10.1 Å². The van der Waals surface area contributed by atoms with Gasteiger partial charge in [0, 0.05) is 18.8 Å². The number of carbonyl (C=O) groups excluding carboxylic acids is 2. The van der Waals surface area contributed by atoms with Crippen molar-refractivity contribution in [3.8, 4) is 5.75 Å². The Labute approximate surface area is 154 Å². The lowest BCUT2D eigenvalue weighted by Crippen LogP contribution is -2.30. The number of ether oxygens (including phenoxy) is 1. The first-order chi connectivity index (χ1) is 12.6. The second-order valence-electron chi connectivity index (χ2n) is 6.52. The molecule has 1 N–H and O–H groups in total. The van der Waals surface area contributed by atoms with Gasteiger partial charge < -0.3 is 15.0 Å². The van der Waals surface area contributed by atoms with E-state index < -0.39 is 6.10 Å². The Morgan fingerprint density at radius 3 is 2.35 bits per heavy atom. The van der Waals surface area contributed by atoms with Crippen molar-refractivity contribution in [3.05, 3.63) is 60.2 Å². The van der Waals surface area contributed by atoms with E-state index in [1.54, 1.807) is 6.92 Å². The predicted octanol–water partition coefficient (Wildman–Crippen LogP) is 3.26. The van der Waals surface area contributed by atoms with E-state index in [-0.39, 0.29) is 11.8 Å². The third-order valence-electron chi connectivity index (χ3n) is 4.46. The Morgan fingerprint density at radius 1 is 1.04 bits per heavy atom. The van der Waals surface area contributed by atoms with Crippen LogP contribution in [-0.2, 0) is 16.0 Å². The molecule has 2 aromatic rings. The predicted molar refractivity (Wildman–Crippen MR) is 101 cm³/mol. The van der Waals surface area contributed by atoms with Crippen molar-refractivity contribution in [2.75, 3.05) is 18.4 Å². The number of carbonyl (C=O) groups is 2. The first-order valence-corrected chi connectivity index (χ1v) is 9.01. The molecule has 0 aliphatic carbocycles. The molecule has 26 heavy (non-hydrogen) atoms. The van der Waals surface area contributed by atoms with Crippen molar-refractivity contribution >= 4 is 17.5 Å². The molecule has 3 rings (SSSR count). The van der Waals surface area contributed by atoms with E-state index in [1.807, 2.05) is 59.5 Å². The fourth-order valence-electron chi connectivity index (χ4n) is 2.96. The zero-order valence-corrected chi connectivity index (χ0v) is 15.0. The number of hydrogen-bond donors (Lipinski definition) is 1. The van der Waals surface area contributed by atoms with Crippen molar-refractivity contribution in [1.29, 1.82) is 0 Å². The molecule has 2 aromatic carbocycles. The summed E-state index contributed by atoms with van der Waals surface area (Å²) in [5, 5.41) is 2.84. The maximum atomic E-state index is 12.3. The second kappa shape index (κ2) is 8.52. The normalized spacial score (nSPS) is 14.7. The summed E-state index contributed by atoms with van der Waals surface area (Å²) >= 11 is 0. The molecular weight excluding hydrogens is 328 g/mol. The standard InChI is InChI=1S/C21H24N2O3/c1-16(26-19-7-3-2-4-8-19)21(25)22-18-11-9-17(10-12-18)15-20(24)23-13-5-6-14-23/h2-4,7-12,16H,5-6,13-15H2,1H3,(H,22,25). The van der Waals surface area contributed by atoms with Crippen molar-refractivity contribution in [3.63, 3.8) is 0 Å². The molecule has 1 aliphatic heterocycles. The summed E-state index contributed by atoms with van der Waals surface area (Å²) in [6.07, 6.45) is 2.00. The van der Waals surface area contributed by atoms with Gasteiger partial charge in [-0.15, -0.1) is 0 Å². The van der Waals surface area contributed by atoms with Gasteiger partial charge in [-0.25, -0.2) is 0 Å². The average molecular weight is 352 g/mol. The summed E-state index contributed by atoms with van der Waals surface area (Å²) < 4.78 is 5.62. The number of para-hydroxylation sites is 1. The maximum absolute atomic E-state index is 12.3. The number of likely N-dealkylation sites (tertiary alicyclic amines) is 1. The molecular formula is C21H24N2O3. The maximum Gasteiger partial charge on any atom is 0.265 e. The topological polar surface area (TPSA) is 58.6 Å². The molecule has 0 radical (unpaired) electrons. The minimum Gasteiger partial charge on any atom is -0.481 e. The van der Waals surface area contributed by atoms with Crippen molar-refractivity contribution in [1.82, 2.24) is 4.90 Å². The third kappa shape index (κ3) is 4.85. The van der Waals surface area contributed by atoms with Gasteiger partial charge in [0.05, 0.1) is 6.42 Å². The molecule has 5 nitrogen and oxygen atoms in total. The number of rotatable bonds is 6. The molecule has 5 heteroatoms. The lowest BCUT2D eigenvalue weighted by Gasteiger charge is -2.16. The van der Waals surface area contributed by atoms with Gasteiger partial charge >= 0.3 is 0 Å². The number of nitrogens with zero attached hydrogens (tertiary/aromatic N) is 1. The summed E-state index contributed by atoms with van der Waals surface area (Å²) in [6.45, 7) is 3.45. The van der Waals surface area contributed by atoms with E-state index in [2.05, 4.69) is 5.32 Å². The largest absolute Gasteiger partial charge is 0.481 e. The number of benzene rings is 2. The summed E-state index contributed by atoms with van der Waals surface area (Å²) in [6, 6.07) is 16.7. The van der Waals surface area contributed by atoms with E-state index in [4.69, 9.17) is 4.74 Å². The Hall–Kier alpha value is -2.82. The third-order valence-corrected chi connectivity index (χ3v) is 4.46. The molecule has 0 saturated carbocycles. The van der Waals surface area contributed by atoms with E-state index in [9.17, 15) is 9.59 Å². The number of anilines is 1. The van der Waals surface area contributed by atoms with Crippen LogP contribution in [-0.4, -0.2) is 35.9 Å². The Kier molecular flexibility index (Phi) is 5.89. The van der Waals surface area contributed by atoms with Gasteiger partial charge in [0.25, 0.3) is 5.91 Å². The lowest BCUT2D eigenvalue weighted by atomic mass is 10.1. The summed E-state index contributed by atoms with van der Waals surface area (Å²) in [4.78, 5) is 26.4. The quantitative estimate of drug-likeness (QED) is 0.868. The average Bonchev–Trinajstić information content (AvgIpc) is 3.19. The van der Waals surface area contributed by atoms with Crippen LogP contribution >= 0.6 is 0 Å². The van der Waals surface area contributed by atoms with Crippen molar-refractivity contribution in [2.45, 2.75) is 32.3 Å². The highest BCUT2D eigenvalue weighted by molar-refractivity contribution is 5.94. The van der Waals surface area contributed by atoms with Gasteiger partial charge in [-0.3, -0.25) is 9.59 Å². The van der Waals surface area contributed by atoms with Gasteiger partial charge in [-0.05, 0) is 49.6 Å². The zero-order valence-electron chi connectivity index (χ0n) is 15.0. The van der Waals surface area contributed by atoms with Crippen LogP contribution in [0.25, 0.3) is 0 Å². The molecule has 0 spiro atoms. The molecule has 1 saturated heterocycles. The number of nitrogens with one attached hydrogen (secondary N) is 1. The molecule has 1 heterocycles. The summed E-state index contributed by atoms with van der Waals surface area (Å²) in [7, 11) is 0. The van der Waals surface area contributed by atoms with Crippen LogP contribution in [0.1, 0.15) is 25.3 Å². The van der Waals surface area contributed by atoms with E-state index in [0.717, 1.165) is 31.5 Å². The molecule has 0 aromatic heterocycles. The van der Waals surface area contributed by atoms with Crippen molar-refractivity contribution in [2.24, 2.45) is 0 Å². The van der Waals surface area contributed by atoms with Gasteiger partial charge in [-0.2, -0.15) is 0 Å². The highest BCUT2D eigenvalue weighted by atomic mass is 16.5. The molecule has 2 amide bonds. The van der Waals surface area contributed by atoms with Crippen LogP contribution in [0.5, 0.6) is 5.75 Å². The van der Waals surface area contributed by atoms with Crippen LogP contribution in [0.4, 0.5) is 5.69 Å². The summed E-state index contributed by atoms with van der Waals surface area (Å²) in [5.41, 5.74) is 1.64. The fourth-order valence-corrected chi connectivity index (χ4v) is 2.96. The Bertz CT molecular complexity index is 738. The van der Waals surface area contributed by atoms with Crippen LogP contribution in [0.2, 0.25) is 0 Å². The fraction of sp³-hybridized carbons (Fsp3) is 0.333. The molecule has 136 valence electrons. The van der Waals surface area contributed by atoms with E-state index in [0.29, 0.717) is 17.9 Å². The van der Waals surface area contributed by atoms with Gasteiger partial charge in [0.15, 0.2) is 6.10 Å². The lowest BCUT2D eigenvalue weighted by molar-refractivity contribution is -0.129. The van der Waals surface area contributed by atoms with E-state index >= 15 is 0 Å². The van der Waals surface area contributed by atoms with E-state index in [1.165, 1.54) is 0 Å². The minimum atomic E-state index is -0.603. The van der Waals surface area contributed by atoms with Crippen LogP contribution in [0.15, 0.2) is 54.6 Å². The minimum absolute atomic E-state index is 0.171. The van der Waals surface area contributed by atoms with Crippen LogP contribution in [0.3, 0.4) is 0 Å². The van der Waals surface area contributed by atoms with Crippen LogP contribution in [0, 0.1) is 0 Å². The molecule has 1 aliphatic rings. The summed E-state index contributed by atoms with van der Waals surface area (Å²) in [5.74, 6) is 0.616. The monoisotopic (exact) mass is 352 g/mol. The molecule has 0 bridgehead atoms. The highest BCUT2D eigenvalue weighted by Gasteiger charge is 2.18. The Balaban J connectivity index is 1.51. The van der Waals surface area contributed by atoms with Crippen molar-refractivity contribution < 1.29 is 14.3 Å². The zero-order chi connectivity index (χ0) is 18.4. The first kappa shape index (κ1) is 18.0. The van der Waals surface area contributed by atoms with Gasteiger partial charge in [0.2, 0.25) is 5.91 Å². The van der Waals surface area contributed by atoms with Gasteiger partial charge in [-0.1, -0.05) is 30.3 Å². The second-order valence-corrected chi connectivity index (χ2v) is 6.52.